The van der Waals surface area contributed by atoms with Crippen LogP contribution in [0.15, 0.2) is 36.1 Å². The standard InChI is InChI=1S/C14H25NO/c1-4-6-9-13(12-15)10-7-11-14(16-3)8-5-2/h5,8,10H,2,4,6-7,9,11-12,15H2,1,3H3/b13-10+,14-8-. The number of hydrogen-bond acceptors (Lipinski definition) is 2. The van der Waals surface area contributed by atoms with E-state index in [9.17, 15) is 0 Å². The predicted octanol–water partition coefficient (Wildman–Crippen LogP) is 3.56. The number of ether oxygens (including phenoxy) is 1. The van der Waals surface area contributed by atoms with E-state index < -0.39 is 0 Å². The van der Waals surface area contributed by atoms with Gasteiger partial charge in [0.1, 0.15) is 0 Å². The van der Waals surface area contributed by atoms with E-state index in [1.54, 1.807) is 13.2 Å². The summed E-state index contributed by atoms with van der Waals surface area (Å²) in [5.41, 5.74) is 7.05. The normalized spacial score (nSPS) is 12.7. The molecule has 0 bridgehead atoms. The van der Waals surface area contributed by atoms with Gasteiger partial charge in [-0.05, 0) is 25.3 Å². The van der Waals surface area contributed by atoms with Crippen molar-refractivity contribution in [3.63, 3.8) is 0 Å². The number of unbranched alkanes of at least 4 members (excludes halogenated alkanes) is 1. The molecule has 0 saturated heterocycles. The highest BCUT2D eigenvalue weighted by Crippen LogP contribution is 2.11. The van der Waals surface area contributed by atoms with Crippen molar-refractivity contribution in [1.82, 2.24) is 0 Å². The zero-order chi connectivity index (χ0) is 12.2. The van der Waals surface area contributed by atoms with E-state index in [1.165, 1.54) is 18.4 Å². The van der Waals surface area contributed by atoms with Gasteiger partial charge < -0.3 is 10.5 Å². The molecule has 0 fully saturated rings. The highest BCUT2D eigenvalue weighted by molar-refractivity contribution is 5.08. The molecule has 2 nitrogen and oxygen atoms in total. The van der Waals surface area contributed by atoms with E-state index in [1.807, 2.05) is 6.08 Å². The monoisotopic (exact) mass is 223 g/mol. The molecular formula is C14H25NO. The molecule has 0 radical (unpaired) electrons. The Balaban J connectivity index is 4.02. The van der Waals surface area contributed by atoms with E-state index in [0.29, 0.717) is 6.54 Å². The van der Waals surface area contributed by atoms with Crippen molar-refractivity contribution in [2.45, 2.75) is 39.0 Å². The lowest BCUT2D eigenvalue weighted by Crippen LogP contribution is -2.03. The molecule has 0 aromatic carbocycles. The summed E-state index contributed by atoms with van der Waals surface area (Å²) < 4.78 is 5.22. The van der Waals surface area contributed by atoms with Gasteiger partial charge in [0.05, 0.1) is 12.9 Å². The maximum absolute atomic E-state index is 5.69. The second-order valence-electron chi connectivity index (χ2n) is 3.78. The van der Waals surface area contributed by atoms with E-state index in [2.05, 4.69) is 19.6 Å². The molecule has 0 amide bonds. The van der Waals surface area contributed by atoms with Gasteiger partial charge in [-0.2, -0.15) is 0 Å². The molecule has 0 unspecified atom stereocenters. The van der Waals surface area contributed by atoms with Crippen LogP contribution < -0.4 is 5.73 Å². The lowest BCUT2D eigenvalue weighted by molar-refractivity contribution is 0.278. The summed E-state index contributed by atoms with van der Waals surface area (Å²) in [6.07, 6.45) is 11.4. The summed E-state index contributed by atoms with van der Waals surface area (Å²) in [6, 6.07) is 0. The molecule has 16 heavy (non-hydrogen) atoms. The van der Waals surface area contributed by atoms with Crippen molar-refractivity contribution < 1.29 is 4.74 Å². The Kier molecular flexibility index (Phi) is 9.83. The summed E-state index contributed by atoms with van der Waals surface area (Å²) in [7, 11) is 1.69. The van der Waals surface area contributed by atoms with Gasteiger partial charge in [-0.1, -0.05) is 37.6 Å². The van der Waals surface area contributed by atoms with Gasteiger partial charge >= 0.3 is 0 Å². The van der Waals surface area contributed by atoms with Gasteiger partial charge in [0, 0.05) is 13.0 Å². The molecule has 0 aliphatic carbocycles. The van der Waals surface area contributed by atoms with E-state index in [-0.39, 0.29) is 0 Å². The Morgan fingerprint density at radius 3 is 2.62 bits per heavy atom. The van der Waals surface area contributed by atoms with Gasteiger partial charge in [0.25, 0.3) is 0 Å². The summed E-state index contributed by atoms with van der Waals surface area (Å²) in [5, 5.41) is 0. The number of rotatable bonds is 9. The molecule has 2 N–H and O–H groups in total. The summed E-state index contributed by atoms with van der Waals surface area (Å²) in [5.74, 6) is 0.970. The highest BCUT2D eigenvalue weighted by atomic mass is 16.5. The van der Waals surface area contributed by atoms with Gasteiger partial charge in [0.2, 0.25) is 0 Å². The van der Waals surface area contributed by atoms with E-state index >= 15 is 0 Å². The fourth-order valence-corrected chi connectivity index (χ4v) is 1.49. The van der Waals surface area contributed by atoms with Gasteiger partial charge in [0.15, 0.2) is 0 Å². The molecule has 0 aliphatic rings. The third-order valence-electron chi connectivity index (χ3n) is 2.50. The largest absolute Gasteiger partial charge is 0.501 e. The van der Waals surface area contributed by atoms with Crippen LogP contribution in [0.4, 0.5) is 0 Å². The number of nitrogens with two attached hydrogens (primary N) is 1. The van der Waals surface area contributed by atoms with Crippen molar-refractivity contribution in [2.24, 2.45) is 5.73 Å². The van der Waals surface area contributed by atoms with Crippen molar-refractivity contribution in [1.29, 1.82) is 0 Å². The highest BCUT2D eigenvalue weighted by Gasteiger charge is 1.96. The third kappa shape index (κ3) is 7.30. The fourth-order valence-electron chi connectivity index (χ4n) is 1.49. The van der Waals surface area contributed by atoms with Crippen LogP contribution in [-0.2, 0) is 4.74 Å². The minimum Gasteiger partial charge on any atom is -0.501 e. The molecule has 0 rings (SSSR count). The zero-order valence-electron chi connectivity index (χ0n) is 10.7. The maximum atomic E-state index is 5.69. The van der Waals surface area contributed by atoms with Crippen molar-refractivity contribution in [3.05, 3.63) is 36.1 Å². The molecule has 2 heteroatoms. The molecule has 0 saturated carbocycles. The molecule has 0 atom stereocenters. The van der Waals surface area contributed by atoms with E-state index in [4.69, 9.17) is 10.5 Å². The predicted molar refractivity (Wildman–Crippen MR) is 71.2 cm³/mol. The first-order chi connectivity index (χ1) is 7.78. The summed E-state index contributed by atoms with van der Waals surface area (Å²) >= 11 is 0. The van der Waals surface area contributed by atoms with Crippen LogP contribution in [0.3, 0.4) is 0 Å². The maximum Gasteiger partial charge on any atom is 0.0958 e. The topological polar surface area (TPSA) is 35.2 Å². The quantitative estimate of drug-likeness (QED) is 0.368. The Morgan fingerprint density at radius 2 is 2.12 bits per heavy atom. The second-order valence-corrected chi connectivity index (χ2v) is 3.78. The van der Waals surface area contributed by atoms with Crippen LogP contribution in [0, 0.1) is 0 Å². The molecule has 92 valence electrons. The minimum absolute atomic E-state index is 0.674. The fraction of sp³-hybridized carbons (Fsp3) is 0.571. The first kappa shape index (κ1) is 15.0. The van der Waals surface area contributed by atoms with Crippen LogP contribution >= 0.6 is 0 Å². The zero-order valence-corrected chi connectivity index (χ0v) is 10.7. The van der Waals surface area contributed by atoms with Crippen LogP contribution in [0.2, 0.25) is 0 Å². The lowest BCUT2D eigenvalue weighted by atomic mass is 10.1. The first-order valence-corrected chi connectivity index (χ1v) is 6.02. The van der Waals surface area contributed by atoms with Crippen LogP contribution in [0.5, 0.6) is 0 Å². The average molecular weight is 223 g/mol. The minimum atomic E-state index is 0.674. The lowest BCUT2D eigenvalue weighted by Gasteiger charge is -2.05. The average Bonchev–Trinajstić information content (AvgIpc) is 2.32. The van der Waals surface area contributed by atoms with Crippen LogP contribution in [0.25, 0.3) is 0 Å². The molecule has 0 aromatic rings. The Hall–Kier alpha value is -1.02. The third-order valence-corrected chi connectivity index (χ3v) is 2.50. The Bertz CT molecular complexity index is 241. The van der Waals surface area contributed by atoms with Crippen molar-refractivity contribution in [3.8, 4) is 0 Å². The Morgan fingerprint density at radius 1 is 1.38 bits per heavy atom. The number of methoxy groups -OCH3 is 1. The van der Waals surface area contributed by atoms with Gasteiger partial charge in [-0.3, -0.25) is 0 Å². The summed E-state index contributed by atoms with van der Waals surface area (Å²) in [6.45, 7) is 6.53. The summed E-state index contributed by atoms with van der Waals surface area (Å²) in [4.78, 5) is 0. The van der Waals surface area contributed by atoms with Crippen LogP contribution in [0.1, 0.15) is 39.0 Å². The smallest absolute Gasteiger partial charge is 0.0958 e. The Labute approximate surface area is 99.9 Å². The van der Waals surface area contributed by atoms with Gasteiger partial charge in [-0.15, -0.1) is 0 Å². The number of hydrogen-bond donors (Lipinski definition) is 1. The molecule has 0 spiro atoms. The van der Waals surface area contributed by atoms with Crippen molar-refractivity contribution >= 4 is 0 Å². The second kappa shape index (κ2) is 10.5. The number of allylic oxidation sites excluding steroid dienone is 4. The molecule has 0 aromatic heterocycles. The van der Waals surface area contributed by atoms with E-state index in [0.717, 1.165) is 25.0 Å². The molecular weight excluding hydrogens is 198 g/mol. The molecule has 0 aliphatic heterocycles. The van der Waals surface area contributed by atoms with Crippen LogP contribution in [-0.4, -0.2) is 13.7 Å². The van der Waals surface area contributed by atoms with Crippen molar-refractivity contribution in [2.75, 3.05) is 13.7 Å². The SMILES string of the molecule is C=C/C=C(/CC/C=C(/CN)CCCC)OC. The molecule has 0 heterocycles. The van der Waals surface area contributed by atoms with Gasteiger partial charge in [-0.25, -0.2) is 0 Å². The first-order valence-electron chi connectivity index (χ1n) is 6.02.